The standard InChI is InChI=1S/C18H23N3O5/c1-10-4-5-13(17(22)19-10)18(23)20-15-6-7-24-9-16(15)25-8-14-11(2)21-26-12(14)3/h4-5,15-16H,6-9H2,1-3H3,(H,19,22)(H,20,23)/t15-,16-/m1/s1. The van der Waals surface area contributed by atoms with E-state index in [1.807, 2.05) is 13.8 Å². The van der Waals surface area contributed by atoms with Crippen LogP contribution in [0.1, 0.15) is 39.5 Å². The van der Waals surface area contributed by atoms with E-state index in [1.165, 1.54) is 6.07 Å². The fourth-order valence-corrected chi connectivity index (χ4v) is 2.94. The molecule has 140 valence electrons. The third kappa shape index (κ3) is 4.03. The summed E-state index contributed by atoms with van der Waals surface area (Å²) in [5, 5.41) is 6.81. The molecule has 3 heterocycles. The Labute approximate surface area is 150 Å². The number of H-pyrrole nitrogens is 1. The van der Waals surface area contributed by atoms with Crippen LogP contribution in [0, 0.1) is 20.8 Å². The van der Waals surface area contributed by atoms with Crippen LogP contribution in [-0.2, 0) is 16.1 Å². The summed E-state index contributed by atoms with van der Waals surface area (Å²) in [6, 6.07) is 2.99. The van der Waals surface area contributed by atoms with Gasteiger partial charge in [-0.3, -0.25) is 9.59 Å². The summed E-state index contributed by atoms with van der Waals surface area (Å²) >= 11 is 0. The van der Waals surface area contributed by atoms with Crippen molar-refractivity contribution in [1.82, 2.24) is 15.5 Å². The third-order valence-electron chi connectivity index (χ3n) is 4.54. The van der Waals surface area contributed by atoms with E-state index in [4.69, 9.17) is 14.0 Å². The second-order valence-corrected chi connectivity index (χ2v) is 6.48. The number of aromatic amines is 1. The van der Waals surface area contributed by atoms with Gasteiger partial charge >= 0.3 is 0 Å². The van der Waals surface area contributed by atoms with Gasteiger partial charge in [0.1, 0.15) is 17.4 Å². The number of aryl methyl sites for hydroxylation is 3. The number of nitrogens with one attached hydrogen (secondary N) is 2. The summed E-state index contributed by atoms with van der Waals surface area (Å²) in [6.07, 6.45) is 0.299. The zero-order valence-electron chi connectivity index (χ0n) is 15.1. The minimum absolute atomic E-state index is 0.0894. The summed E-state index contributed by atoms with van der Waals surface area (Å²) < 4.78 is 16.6. The molecule has 0 aliphatic carbocycles. The van der Waals surface area contributed by atoms with Gasteiger partial charge in [0.15, 0.2) is 0 Å². The number of carbonyl (C=O) groups is 1. The Balaban J connectivity index is 1.67. The number of nitrogens with zero attached hydrogens (tertiary/aromatic N) is 1. The first-order valence-electron chi connectivity index (χ1n) is 8.57. The number of aromatic nitrogens is 2. The number of rotatable bonds is 5. The van der Waals surface area contributed by atoms with Crippen molar-refractivity contribution in [2.75, 3.05) is 13.2 Å². The monoisotopic (exact) mass is 361 g/mol. The largest absolute Gasteiger partial charge is 0.379 e. The lowest BCUT2D eigenvalue weighted by molar-refractivity contribution is -0.0739. The lowest BCUT2D eigenvalue weighted by Gasteiger charge is -2.32. The highest BCUT2D eigenvalue weighted by Gasteiger charge is 2.29. The van der Waals surface area contributed by atoms with Gasteiger partial charge in [-0.15, -0.1) is 0 Å². The first kappa shape index (κ1) is 18.3. The molecule has 2 aromatic rings. The molecular weight excluding hydrogens is 338 g/mol. The van der Waals surface area contributed by atoms with Gasteiger partial charge < -0.3 is 24.3 Å². The maximum Gasteiger partial charge on any atom is 0.260 e. The fraction of sp³-hybridized carbons (Fsp3) is 0.500. The molecule has 1 saturated heterocycles. The van der Waals surface area contributed by atoms with Gasteiger partial charge in [-0.2, -0.15) is 0 Å². The van der Waals surface area contributed by atoms with Gasteiger partial charge in [0, 0.05) is 17.9 Å². The average molecular weight is 361 g/mol. The number of hydrogen-bond acceptors (Lipinski definition) is 6. The highest BCUT2D eigenvalue weighted by molar-refractivity contribution is 5.94. The first-order chi connectivity index (χ1) is 12.5. The van der Waals surface area contributed by atoms with Crippen molar-refractivity contribution in [2.24, 2.45) is 0 Å². The zero-order chi connectivity index (χ0) is 18.7. The minimum Gasteiger partial charge on any atom is -0.379 e. The average Bonchev–Trinajstić information content (AvgIpc) is 2.92. The normalized spacial score (nSPS) is 20.1. The molecule has 8 nitrogen and oxygen atoms in total. The molecule has 1 amide bonds. The van der Waals surface area contributed by atoms with E-state index in [0.29, 0.717) is 37.7 Å². The maximum absolute atomic E-state index is 12.5. The Morgan fingerprint density at radius 3 is 2.88 bits per heavy atom. The second-order valence-electron chi connectivity index (χ2n) is 6.48. The van der Waals surface area contributed by atoms with E-state index in [-0.39, 0.29) is 17.7 Å². The maximum atomic E-state index is 12.5. The van der Waals surface area contributed by atoms with Crippen LogP contribution in [0.3, 0.4) is 0 Å². The number of carbonyl (C=O) groups excluding carboxylic acids is 1. The summed E-state index contributed by atoms with van der Waals surface area (Å²) in [7, 11) is 0. The summed E-state index contributed by atoms with van der Waals surface area (Å²) in [6.45, 7) is 6.68. The molecular formula is C18H23N3O5. The van der Waals surface area contributed by atoms with Crippen LogP contribution in [0.25, 0.3) is 0 Å². The third-order valence-corrected chi connectivity index (χ3v) is 4.54. The Kier molecular flexibility index (Phi) is 5.53. The Morgan fingerprint density at radius 2 is 2.19 bits per heavy atom. The van der Waals surface area contributed by atoms with Crippen LogP contribution in [0.2, 0.25) is 0 Å². The molecule has 1 fully saturated rings. The van der Waals surface area contributed by atoms with Gasteiger partial charge in [-0.1, -0.05) is 5.16 Å². The van der Waals surface area contributed by atoms with E-state index in [9.17, 15) is 9.59 Å². The lowest BCUT2D eigenvalue weighted by atomic mass is 10.1. The fourth-order valence-electron chi connectivity index (χ4n) is 2.94. The van der Waals surface area contributed by atoms with Crippen LogP contribution in [0.4, 0.5) is 0 Å². The zero-order valence-corrected chi connectivity index (χ0v) is 15.1. The highest BCUT2D eigenvalue weighted by Crippen LogP contribution is 2.18. The number of hydrogen-bond donors (Lipinski definition) is 2. The molecule has 2 aromatic heterocycles. The first-order valence-corrected chi connectivity index (χ1v) is 8.57. The topological polar surface area (TPSA) is 106 Å². The minimum atomic E-state index is -0.413. The molecule has 2 N–H and O–H groups in total. The Bertz CT molecular complexity index is 822. The van der Waals surface area contributed by atoms with Crippen molar-refractivity contribution in [3.05, 3.63) is 50.8 Å². The molecule has 2 atom stereocenters. The molecule has 0 aromatic carbocycles. The van der Waals surface area contributed by atoms with Crippen LogP contribution in [-0.4, -0.2) is 41.4 Å². The van der Waals surface area contributed by atoms with Crippen molar-refractivity contribution in [3.63, 3.8) is 0 Å². The lowest BCUT2D eigenvalue weighted by Crippen LogP contribution is -2.50. The molecule has 0 unspecified atom stereocenters. The summed E-state index contributed by atoms with van der Waals surface area (Å²) in [5.41, 5.74) is 2.08. The number of pyridine rings is 1. The van der Waals surface area contributed by atoms with E-state index in [1.54, 1.807) is 13.0 Å². The Morgan fingerprint density at radius 1 is 1.38 bits per heavy atom. The summed E-state index contributed by atoms with van der Waals surface area (Å²) in [5.74, 6) is 0.301. The predicted octanol–water partition coefficient (Wildman–Crippen LogP) is 1.39. The van der Waals surface area contributed by atoms with Crippen LogP contribution in [0.5, 0.6) is 0 Å². The van der Waals surface area contributed by atoms with Crippen molar-refractivity contribution in [2.45, 2.75) is 45.9 Å². The SMILES string of the molecule is Cc1ccc(C(=O)N[C@@H]2CCOC[C@H]2OCc2c(C)noc2C)c(=O)[nH]1. The molecule has 0 radical (unpaired) electrons. The van der Waals surface area contributed by atoms with Gasteiger partial charge in [0.2, 0.25) is 0 Å². The van der Waals surface area contributed by atoms with Crippen molar-refractivity contribution >= 4 is 5.91 Å². The van der Waals surface area contributed by atoms with Gasteiger partial charge in [0.25, 0.3) is 11.5 Å². The molecule has 3 rings (SSSR count). The van der Waals surface area contributed by atoms with Crippen LogP contribution < -0.4 is 10.9 Å². The smallest absolute Gasteiger partial charge is 0.260 e. The van der Waals surface area contributed by atoms with Crippen LogP contribution >= 0.6 is 0 Å². The van der Waals surface area contributed by atoms with E-state index in [0.717, 1.165) is 11.3 Å². The van der Waals surface area contributed by atoms with E-state index >= 15 is 0 Å². The van der Waals surface area contributed by atoms with Crippen molar-refractivity contribution in [1.29, 1.82) is 0 Å². The molecule has 1 aliphatic heterocycles. The highest BCUT2D eigenvalue weighted by atomic mass is 16.5. The molecule has 8 heteroatoms. The molecule has 26 heavy (non-hydrogen) atoms. The van der Waals surface area contributed by atoms with E-state index in [2.05, 4.69) is 15.5 Å². The quantitative estimate of drug-likeness (QED) is 0.834. The van der Waals surface area contributed by atoms with Gasteiger partial charge in [0.05, 0.1) is 24.9 Å². The van der Waals surface area contributed by atoms with Crippen molar-refractivity contribution < 1.29 is 18.8 Å². The van der Waals surface area contributed by atoms with Crippen LogP contribution in [0.15, 0.2) is 21.5 Å². The molecule has 0 bridgehead atoms. The van der Waals surface area contributed by atoms with Gasteiger partial charge in [-0.05, 0) is 39.3 Å². The molecule has 0 spiro atoms. The summed E-state index contributed by atoms with van der Waals surface area (Å²) in [4.78, 5) is 27.1. The van der Waals surface area contributed by atoms with Crippen molar-refractivity contribution in [3.8, 4) is 0 Å². The second kappa shape index (κ2) is 7.84. The number of amides is 1. The molecule has 1 aliphatic rings. The molecule has 0 saturated carbocycles. The van der Waals surface area contributed by atoms with Gasteiger partial charge in [-0.25, -0.2) is 0 Å². The number of ether oxygens (including phenoxy) is 2. The van der Waals surface area contributed by atoms with E-state index < -0.39 is 11.5 Å². The predicted molar refractivity (Wildman–Crippen MR) is 93.0 cm³/mol. The Hall–Kier alpha value is -2.45.